The molecule has 20 heavy (non-hydrogen) atoms. The van der Waals surface area contributed by atoms with Crippen molar-refractivity contribution in [3.8, 4) is 0 Å². The van der Waals surface area contributed by atoms with Gasteiger partial charge in [-0.15, -0.1) is 0 Å². The van der Waals surface area contributed by atoms with Gasteiger partial charge < -0.3 is 11.1 Å². The Bertz CT molecular complexity index is 321. The first-order valence-electron chi connectivity index (χ1n) is 8.07. The maximum atomic E-state index is 12.0. The van der Waals surface area contributed by atoms with Crippen molar-refractivity contribution in [1.29, 1.82) is 0 Å². The molecule has 5 nitrogen and oxygen atoms in total. The molecule has 1 amide bonds. The molecular formula is C15H30N4O. The monoisotopic (exact) mass is 282 g/mol. The highest BCUT2D eigenvalue weighted by molar-refractivity contribution is 5.76. The molecule has 0 spiro atoms. The molecule has 0 radical (unpaired) electrons. The van der Waals surface area contributed by atoms with Gasteiger partial charge >= 0.3 is 0 Å². The standard InChI is InChI=1S/C15H30N4O/c1-12(2)17-15(20)9-14(10-16)19-8-4-7-18-6-3-5-13(18)11-19/h12-14H,3-11,16H2,1-2H3,(H,17,20). The Labute approximate surface area is 122 Å². The molecule has 0 saturated carbocycles. The van der Waals surface area contributed by atoms with Crippen LogP contribution in [0.4, 0.5) is 0 Å². The average molecular weight is 282 g/mol. The molecule has 0 bridgehead atoms. The Morgan fingerprint density at radius 3 is 2.75 bits per heavy atom. The van der Waals surface area contributed by atoms with Gasteiger partial charge in [0.1, 0.15) is 0 Å². The van der Waals surface area contributed by atoms with Crippen LogP contribution in [0.3, 0.4) is 0 Å². The Hall–Kier alpha value is -0.650. The third kappa shape index (κ3) is 4.17. The van der Waals surface area contributed by atoms with E-state index in [0.29, 0.717) is 19.0 Å². The van der Waals surface area contributed by atoms with Gasteiger partial charge in [0.05, 0.1) is 0 Å². The number of nitrogens with two attached hydrogens (primary N) is 1. The molecule has 2 rings (SSSR count). The summed E-state index contributed by atoms with van der Waals surface area (Å²) in [6.45, 7) is 9.17. The number of nitrogens with one attached hydrogen (secondary N) is 1. The van der Waals surface area contributed by atoms with Gasteiger partial charge in [-0.2, -0.15) is 0 Å². The van der Waals surface area contributed by atoms with E-state index in [-0.39, 0.29) is 18.0 Å². The molecule has 3 N–H and O–H groups in total. The quantitative estimate of drug-likeness (QED) is 0.766. The third-order valence-electron chi connectivity index (χ3n) is 4.49. The Kier molecular flexibility index (Phi) is 5.81. The van der Waals surface area contributed by atoms with Crippen molar-refractivity contribution in [2.45, 2.75) is 57.7 Å². The number of amides is 1. The first-order chi connectivity index (χ1) is 9.60. The average Bonchev–Trinajstić information content (AvgIpc) is 2.72. The van der Waals surface area contributed by atoms with Crippen LogP contribution in [0.2, 0.25) is 0 Å². The van der Waals surface area contributed by atoms with Gasteiger partial charge in [-0.05, 0) is 52.7 Å². The van der Waals surface area contributed by atoms with Gasteiger partial charge in [0.15, 0.2) is 0 Å². The Morgan fingerprint density at radius 1 is 1.30 bits per heavy atom. The lowest BCUT2D eigenvalue weighted by Crippen LogP contribution is -2.47. The Morgan fingerprint density at radius 2 is 2.05 bits per heavy atom. The van der Waals surface area contributed by atoms with Crippen molar-refractivity contribution in [3.63, 3.8) is 0 Å². The van der Waals surface area contributed by atoms with Gasteiger partial charge in [-0.3, -0.25) is 14.6 Å². The lowest BCUT2D eigenvalue weighted by atomic mass is 10.1. The second-order valence-electron chi connectivity index (χ2n) is 6.50. The van der Waals surface area contributed by atoms with Crippen molar-refractivity contribution < 1.29 is 4.79 Å². The second-order valence-corrected chi connectivity index (χ2v) is 6.50. The molecular weight excluding hydrogens is 252 g/mol. The zero-order valence-corrected chi connectivity index (χ0v) is 13.0. The minimum absolute atomic E-state index is 0.128. The van der Waals surface area contributed by atoms with Crippen molar-refractivity contribution >= 4 is 5.91 Å². The summed E-state index contributed by atoms with van der Waals surface area (Å²) in [4.78, 5) is 17.0. The van der Waals surface area contributed by atoms with E-state index in [1.54, 1.807) is 0 Å². The van der Waals surface area contributed by atoms with Crippen LogP contribution >= 0.6 is 0 Å². The molecule has 0 aliphatic carbocycles. The molecule has 2 saturated heterocycles. The van der Waals surface area contributed by atoms with Crippen LogP contribution in [0.5, 0.6) is 0 Å². The number of fused-ring (bicyclic) bond motifs is 1. The topological polar surface area (TPSA) is 61.6 Å². The summed E-state index contributed by atoms with van der Waals surface area (Å²) in [5, 5.41) is 2.98. The highest BCUT2D eigenvalue weighted by Crippen LogP contribution is 2.22. The van der Waals surface area contributed by atoms with E-state index < -0.39 is 0 Å². The highest BCUT2D eigenvalue weighted by Gasteiger charge is 2.31. The van der Waals surface area contributed by atoms with E-state index in [1.165, 1.54) is 32.4 Å². The molecule has 0 aromatic carbocycles. The summed E-state index contributed by atoms with van der Waals surface area (Å²) in [6.07, 6.45) is 4.34. The van der Waals surface area contributed by atoms with Crippen molar-refractivity contribution in [2.24, 2.45) is 5.73 Å². The fourth-order valence-electron chi connectivity index (χ4n) is 3.52. The largest absolute Gasteiger partial charge is 0.354 e. The van der Waals surface area contributed by atoms with Crippen molar-refractivity contribution in [1.82, 2.24) is 15.1 Å². The van der Waals surface area contributed by atoms with Gasteiger partial charge in [-0.1, -0.05) is 0 Å². The number of carbonyl (C=O) groups excluding carboxylic acids is 1. The normalized spacial score (nSPS) is 26.3. The maximum absolute atomic E-state index is 12.0. The fraction of sp³-hybridized carbons (Fsp3) is 0.933. The Balaban J connectivity index is 1.90. The van der Waals surface area contributed by atoms with Gasteiger partial charge in [0.2, 0.25) is 5.91 Å². The summed E-state index contributed by atoms with van der Waals surface area (Å²) >= 11 is 0. The third-order valence-corrected chi connectivity index (χ3v) is 4.49. The first-order valence-corrected chi connectivity index (χ1v) is 8.07. The number of hydrogen-bond donors (Lipinski definition) is 2. The van der Waals surface area contributed by atoms with Gasteiger partial charge in [0.25, 0.3) is 0 Å². The van der Waals surface area contributed by atoms with E-state index in [4.69, 9.17) is 5.73 Å². The molecule has 2 aliphatic heterocycles. The van der Waals surface area contributed by atoms with Crippen molar-refractivity contribution in [3.05, 3.63) is 0 Å². The number of nitrogens with zero attached hydrogens (tertiary/aromatic N) is 2. The number of hydrogen-bond acceptors (Lipinski definition) is 4. The van der Waals surface area contributed by atoms with Crippen LogP contribution in [-0.4, -0.2) is 66.6 Å². The van der Waals surface area contributed by atoms with E-state index >= 15 is 0 Å². The van der Waals surface area contributed by atoms with Crippen LogP contribution in [0.25, 0.3) is 0 Å². The number of rotatable bonds is 5. The van der Waals surface area contributed by atoms with E-state index in [2.05, 4.69) is 15.1 Å². The van der Waals surface area contributed by atoms with Gasteiger partial charge in [-0.25, -0.2) is 0 Å². The fourth-order valence-corrected chi connectivity index (χ4v) is 3.52. The van der Waals surface area contributed by atoms with Crippen LogP contribution in [0.15, 0.2) is 0 Å². The van der Waals surface area contributed by atoms with Crippen LogP contribution in [-0.2, 0) is 4.79 Å². The lowest BCUT2D eigenvalue weighted by molar-refractivity contribution is -0.122. The number of carbonyl (C=O) groups is 1. The smallest absolute Gasteiger partial charge is 0.221 e. The molecule has 2 fully saturated rings. The summed E-state index contributed by atoms with van der Waals surface area (Å²) in [7, 11) is 0. The summed E-state index contributed by atoms with van der Waals surface area (Å²) < 4.78 is 0. The molecule has 2 aliphatic rings. The molecule has 5 heteroatoms. The van der Waals surface area contributed by atoms with Crippen molar-refractivity contribution in [2.75, 3.05) is 32.7 Å². The molecule has 0 aromatic rings. The second kappa shape index (κ2) is 7.38. The summed E-state index contributed by atoms with van der Waals surface area (Å²) in [5.74, 6) is 0.128. The summed E-state index contributed by atoms with van der Waals surface area (Å²) in [5.41, 5.74) is 5.94. The SMILES string of the molecule is CC(C)NC(=O)CC(CN)N1CCCN2CCCC2C1. The molecule has 116 valence electrons. The minimum atomic E-state index is 0.128. The van der Waals surface area contributed by atoms with E-state index in [1.807, 2.05) is 13.8 Å². The maximum Gasteiger partial charge on any atom is 0.221 e. The van der Waals surface area contributed by atoms with E-state index in [0.717, 1.165) is 13.1 Å². The van der Waals surface area contributed by atoms with Gasteiger partial charge in [0, 0.05) is 37.6 Å². The highest BCUT2D eigenvalue weighted by atomic mass is 16.1. The molecule has 2 unspecified atom stereocenters. The predicted molar refractivity (Wildman–Crippen MR) is 81.5 cm³/mol. The van der Waals surface area contributed by atoms with E-state index in [9.17, 15) is 4.79 Å². The van der Waals surface area contributed by atoms with Crippen LogP contribution in [0.1, 0.15) is 39.5 Å². The zero-order chi connectivity index (χ0) is 14.5. The van der Waals surface area contributed by atoms with Crippen LogP contribution < -0.4 is 11.1 Å². The predicted octanol–water partition coefficient (Wildman–Crippen LogP) is 0.399. The summed E-state index contributed by atoms with van der Waals surface area (Å²) in [6, 6.07) is 1.07. The zero-order valence-electron chi connectivity index (χ0n) is 13.0. The molecule has 2 atom stereocenters. The first kappa shape index (κ1) is 15.7. The lowest BCUT2D eigenvalue weighted by Gasteiger charge is -2.32. The van der Waals surface area contributed by atoms with Crippen LogP contribution in [0, 0.1) is 0 Å². The molecule has 0 aromatic heterocycles. The minimum Gasteiger partial charge on any atom is -0.354 e. The molecule has 2 heterocycles.